The second-order valence-electron chi connectivity index (χ2n) is 7.11. The molecule has 0 spiro atoms. The Morgan fingerprint density at radius 2 is 1.93 bits per heavy atom. The van der Waals surface area contributed by atoms with E-state index < -0.39 is 0 Å². The molecular formula is C21H27FN2O3. The number of carbonyl (C=O) groups excluding carboxylic acids is 1. The molecule has 1 aromatic carbocycles. The number of hydrogen-bond donors (Lipinski definition) is 1. The molecule has 2 unspecified atom stereocenters. The molecule has 0 aliphatic carbocycles. The van der Waals surface area contributed by atoms with E-state index in [1.807, 2.05) is 0 Å². The molecule has 1 saturated heterocycles. The predicted molar refractivity (Wildman–Crippen MR) is 102 cm³/mol. The number of amides is 1. The van der Waals surface area contributed by atoms with Crippen molar-refractivity contribution in [3.8, 4) is 11.3 Å². The highest BCUT2D eigenvalue weighted by atomic mass is 19.1. The van der Waals surface area contributed by atoms with Crippen molar-refractivity contribution in [1.29, 1.82) is 0 Å². The molecule has 1 amide bonds. The number of morpholine rings is 1. The maximum atomic E-state index is 13.8. The minimum atomic E-state index is -0.317. The maximum absolute atomic E-state index is 13.8. The molecule has 1 fully saturated rings. The average molecular weight is 374 g/mol. The number of ether oxygens (including phenoxy) is 1. The van der Waals surface area contributed by atoms with Gasteiger partial charge in [-0.3, -0.25) is 9.69 Å². The summed E-state index contributed by atoms with van der Waals surface area (Å²) in [7, 11) is 0. The number of halogens is 1. The summed E-state index contributed by atoms with van der Waals surface area (Å²) < 4.78 is 25.2. The highest BCUT2D eigenvalue weighted by Crippen LogP contribution is 2.25. The van der Waals surface area contributed by atoms with Crippen LogP contribution < -0.4 is 5.32 Å². The molecule has 1 aliphatic rings. The lowest BCUT2D eigenvalue weighted by Gasteiger charge is -2.35. The molecule has 27 heavy (non-hydrogen) atoms. The minimum absolute atomic E-state index is 0.00630. The summed E-state index contributed by atoms with van der Waals surface area (Å²) in [6.07, 6.45) is 1.30. The lowest BCUT2D eigenvalue weighted by molar-refractivity contribution is -0.121. The zero-order valence-electron chi connectivity index (χ0n) is 15.9. The van der Waals surface area contributed by atoms with Crippen LogP contribution in [0.25, 0.3) is 11.3 Å². The molecule has 0 saturated carbocycles. The molecule has 1 N–H and O–H groups in total. The smallest absolute Gasteiger partial charge is 0.220 e. The van der Waals surface area contributed by atoms with Gasteiger partial charge in [-0.05, 0) is 38.1 Å². The number of carbonyl (C=O) groups is 1. The third kappa shape index (κ3) is 5.65. The Balaban J connectivity index is 1.40. The highest BCUT2D eigenvalue weighted by molar-refractivity contribution is 5.76. The lowest BCUT2D eigenvalue weighted by Crippen LogP contribution is -2.47. The van der Waals surface area contributed by atoms with E-state index >= 15 is 0 Å². The Bertz CT molecular complexity index is 751. The number of hydrogen-bond acceptors (Lipinski definition) is 4. The molecule has 3 rings (SSSR count). The van der Waals surface area contributed by atoms with Gasteiger partial charge in [-0.1, -0.05) is 12.1 Å². The molecule has 0 bridgehead atoms. The summed E-state index contributed by atoms with van der Waals surface area (Å²) in [5, 5.41) is 2.95. The third-order valence-corrected chi connectivity index (χ3v) is 4.64. The van der Waals surface area contributed by atoms with Crippen molar-refractivity contribution >= 4 is 5.91 Å². The fraction of sp³-hybridized carbons (Fsp3) is 0.476. The second kappa shape index (κ2) is 9.15. The van der Waals surface area contributed by atoms with Gasteiger partial charge in [0.05, 0.1) is 17.8 Å². The van der Waals surface area contributed by atoms with Gasteiger partial charge >= 0.3 is 0 Å². The van der Waals surface area contributed by atoms with E-state index in [9.17, 15) is 9.18 Å². The van der Waals surface area contributed by atoms with Gasteiger partial charge in [0.2, 0.25) is 5.91 Å². The number of furan rings is 1. The first kappa shape index (κ1) is 19.6. The molecule has 0 radical (unpaired) electrons. The van der Waals surface area contributed by atoms with Crippen LogP contribution in [-0.4, -0.2) is 49.2 Å². The van der Waals surface area contributed by atoms with Gasteiger partial charge in [0.15, 0.2) is 0 Å². The third-order valence-electron chi connectivity index (χ3n) is 4.64. The molecule has 2 heterocycles. The van der Waals surface area contributed by atoms with Crippen molar-refractivity contribution < 1.29 is 18.3 Å². The highest BCUT2D eigenvalue weighted by Gasteiger charge is 2.21. The van der Waals surface area contributed by atoms with Crippen molar-refractivity contribution in [1.82, 2.24) is 10.2 Å². The largest absolute Gasteiger partial charge is 0.461 e. The van der Waals surface area contributed by atoms with Crippen LogP contribution in [0.1, 0.15) is 26.0 Å². The van der Waals surface area contributed by atoms with Gasteiger partial charge in [0, 0.05) is 39.0 Å². The van der Waals surface area contributed by atoms with Gasteiger partial charge in [-0.25, -0.2) is 4.39 Å². The monoisotopic (exact) mass is 374 g/mol. The Hall–Kier alpha value is -2.18. The fourth-order valence-corrected chi connectivity index (χ4v) is 3.46. The van der Waals surface area contributed by atoms with Crippen LogP contribution in [0.4, 0.5) is 4.39 Å². The van der Waals surface area contributed by atoms with Crippen molar-refractivity contribution in [3.63, 3.8) is 0 Å². The summed E-state index contributed by atoms with van der Waals surface area (Å²) in [5.41, 5.74) is 0.433. The van der Waals surface area contributed by atoms with Crippen molar-refractivity contribution in [2.75, 3.05) is 26.2 Å². The predicted octanol–water partition coefficient (Wildman–Crippen LogP) is 3.24. The maximum Gasteiger partial charge on any atom is 0.220 e. The number of nitrogens with zero attached hydrogens (tertiary/aromatic N) is 1. The zero-order valence-corrected chi connectivity index (χ0v) is 15.9. The Labute approximate surface area is 159 Å². The fourth-order valence-electron chi connectivity index (χ4n) is 3.46. The van der Waals surface area contributed by atoms with Crippen LogP contribution in [0.2, 0.25) is 0 Å². The first-order chi connectivity index (χ1) is 13.0. The summed E-state index contributed by atoms with van der Waals surface area (Å²) >= 11 is 0. The first-order valence-corrected chi connectivity index (χ1v) is 9.49. The first-order valence-electron chi connectivity index (χ1n) is 9.49. The van der Waals surface area contributed by atoms with Crippen LogP contribution >= 0.6 is 0 Å². The molecule has 2 atom stereocenters. The molecular weight excluding hydrogens is 347 g/mol. The van der Waals surface area contributed by atoms with Crippen LogP contribution in [0.15, 0.2) is 40.8 Å². The molecule has 2 aromatic rings. The quantitative estimate of drug-likeness (QED) is 0.808. The Kier molecular flexibility index (Phi) is 6.63. The van der Waals surface area contributed by atoms with E-state index in [4.69, 9.17) is 9.15 Å². The minimum Gasteiger partial charge on any atom is -0.461 e. The van der Waals surface area contributed by atoms with E-state index in [-0.39, 0.29) is 23.9 Å². The van der Waals surface area contributed by atoms with Gasteiger partial charge < -0.3 is 14.5 Å². The van der Waals surface area contributed by atoms with E-state index in [1.54, 1.807) is 30.3 Å². The Morgan fingerprint density at radius 1 is 1.19 bits per heavy atom. The number of rotatable bonds is 7. The molecule has 5 nitrogen and oxygen atoms in total. The van der Waals surface area contributed by atoms with Crippen LogP contribution in [0.3, 0.4) is 0 Å². The van der Waals surface area contributed by atoms with Gasteiger partial charge in [0.25, 0.3) is 0 Å². The van der Waals surface area contributed by atoms with Crippen molar-refractivity contribution in [2.24, 2.45) is 0 Å². The lowest BCUT2D eigenvalue weighted by atomic mass is 10.1. The van der Waals surface area contributed by atoms with Crippen molar-refractivity contribution in [2.45, 2.75) is 38.9 Å². The average Bonchev–Trinajstić information content (AvgIpc) is 3.08. The van der Waals surface area contributed by atoms with Crippen LogP contribution in [0, 0.1) is 5.82 Å². The summed E-state index contributed by atoms with van der Waals surface area (Å²) in [6, 6.07) is 10.0. The molecule has 1 aromatic heterocycles. The SMILES string of the molecule is CC1CN(CCNC(=O)CCc2ccc(-c3ccccc3F)o2)CC(C)O1. The number of aryl methyl sites for hydroxylation is 1. The number of benzene rings is 1. The van der Waals surface area contributed by atoms with Crippen molar-refractivity contribution in [3.05, 3.63) is 48.0 Å². The van der Waals surface area contributed by atoms with E-state index in [0.717, 1.165) is 19.6 Å². The van der Waals surface area contributed by atoms with Gasteiger partial charge in [-0.2, -0.15) is 0 Å². The molecule has 146 valence electrons. The van der Waals surface area contributed by atoms with Crippen LogP contribution in [-0.2, 0) is 16.0 Å². The zero-order chi connectivity index (χ0) is 19.2. The standard InChI is InChI=1S/C21H27FN2O3/c1-15-13-24(14-16(2)26-15)12-11-23-21(25)10-8-17-7-9-20(27-17)18-5-3-4-6-19(18)22/h3-7,9,15-16H,8,10-14H2,1-2H3,(H,23,25). The Morgan fingerprint density at radius 3 is 2.67 bits per heavy atom. The molecule has 1 aliphatic heterocycles. The van der Waals surface area contributed by atoms with Gasteiger partial charge in [0.1, 0.15) is 17.3 Å². The van der Waals surface area contributed by atoms with Crippen LogP contribution in [0.5, 0.6) is 0 Å². The summed E-state index contributed by atoms with van der Waals surface area (Å²) in [6.45, 7) is 7.37. The van der Waals surface area contributed by atoms with E-state index in [0.29, 0.717) is 36.5 Å². The normalized spacial score (nSPS) is 20.6. The summed E-state index contributed by atoms with van der Waals surface area (Å²) in [5.74, 6) is 0.842. The molecule has 6 heteroatoms. The summed E-state index contributed by atoms with van der Waals surface area (Å²) in [4.78, 5) is 14.4. The van der Waals surface area contributed by atoms with E-state index in [1.165, 1.54) is 6.07 Å². The van der Waals surface area contributed by atoms with Gasteiger partial charge in [-0.15, -0.1) is 0 Å². The second-order valence-corrected chi connectivity index (χ2v) is 7.11. The van der Waals surface area contributed by atoms with E-state index in [2.05, 4.69) is 24.1 Å². The number of nitrogens with one attached hydrogen (secondary N) is 1. The topological polar surface area (TPSA) is 54.7 Å².